The van der Waals surface area contributed by atoms with Crippen LogP contribution in [-0.2, 0) is 14.3 Å². The maximum atomic E-state index is 13.0. The zero-order valence-corrected chi connectivity index (χ0v) is 17.8. The molecule has 1 aliphatic heterocycles. The lowest BCUT2D eigenvalue weighted by Crippen LogP contribution is -2.40. The number of carbonyl (C=O) groups excluding carboxylic acids is 2. The van der Waals surface area contributed by atoms with Crippen molar-refractivity contribution in [1.82, 2.24) is 4.90 Å². The molecule has 3 aromatic carbocycles. The summed E-state index contributed by atoms with van der Waals surface area (Å²) in [6.45, 7) is 1.13. The monoisotopic (exact) mass is 423 g/mol. The van der Waals surface area contributed by atoms with E-state index in [1.807, 2.05) is 77.7 Å². The largest absolute Gasteiger partial charge is 0.452 e. The Balaban J connectivity index is 1.21. The summed E-state index contributed by atoms with van der Waals surface area (Å²) in [5.41, 5.74) is 5.34. The minimum Gasteiger partial charge on any atom is -0.452 e. The van der Waals surface area contributed by atoms with Gasteiger partial charge in [0.05, 0.1) is 5.92 Å². The van der Waals surface area contributed by atoms with E-state index in [2.05, 4.69) is 12.1 Å². The quantitative estimate of drug-likeness (QED) is 0.425. The number of ether oxygens (including phenoxy) is 1. The molecule has 3 aromatic rings. The van der Waals surface area contributed by atoms with Gasteiger partial charge in [0.25, 0.3) is 0 Å². The predicted octanol–water partition coefficient (Wildman–Crippen LogP) is 5.25. The van der Waals surface area contributed by atoms with E-state index in [1.165, 1.54) is 0 Å². The molecule has 1 fully saturated rings. The Morgan fingerprint density at radius 2 is 1.34 bits per heavy atom. The highest BCUT2D eigenvalue weighted by Gasteiger charge is 2.34. The first-order valence-corrected chi connectivity index (χ1v) is 11.1. The van der Waals surface area contributed by atoms with Crippen molar-refractivity contribution in [3.8, 4) is 11.1 Å². The number of piperidine rings is 1. The van der Waals surface area contributed by atoms with Gasteiger partial charge >= 0.3 is 5.97 Å². The molecule has 0 saturated carbocycles. The fourth-order valence-electron chi connectivity index (χ4n) is 4.62. The van der Waals surface area contributed by atoms with Crippen LogP contribution in [0.15, 0.2) is 84.9 Å². The predicted molar refractivity (Wildman–Crippen MR) is 125 cm³/mol. The molecule has 4 nitrogen and oxygen atoms in total. The molecule has 0 N–H and O–H groups in total. The first-order chi connectivity index (χ1) is 15.7. The van der Waals surface area contributed by atoms with E-state index in [0.717, 1.165) is 27.8 Å². The van der Waals surface area contributed by atoms with Gasteiger partial charge in [-0.15, -0.1) is 0 Å². The average Bonchev–Trinajstić information content (AvgIpc) is 3.17. The molecule has 2 aliphatic rings. The Labute approximate surface area is 188 Å². The summed E-state index contributed by atoms with van der Waals surface area (Å²) in [7, 11) is 0. The van der Waals surface area contributed by atoms with Crippen molar-refractivity contribution in [3.05, 3.63) is 102 Å². The van der Waals surface area contributed by atoms with Crippen molar-refractivity contribution >= 4 is 18.0 Å². The van der Waals surface area contributed by atoms with Crippen molar-refractivity contribution in [3.63, 3.8) is 0 Å². The SMILES string of the molecule is O=C(OC1c2ccccc2-c2ccccc21)C1CCN(C(=O)/C=C/c2ccccc2)CC1. The molecule has 5 rings (SSSR count). The molecule has 32 heavy (non-hydrogen) atoms. The molecule has 0 bridgehead atoms. The number of likely N-dealkylation sites (tertiary alicyclic amines) is 1. The summed E-state index contributed by atoms with van der Waals surface area (Å²) < 4.78 is 6.05. The zero-order chi connectivity index (χ0) is 21.9. The summed E-state index contributed by atoms with van der Waals surface area (Å²) in [6.07, 6.45) is 4.33. The van der Waals surface area contributed by atoms with Crippen molar-refractivity contribution < 1.29 is 14.3 Å². The van der Waals surface area contributed by atoms with Crippen LogP contribution in [0.2, 0.25) is 0 Å². The number of hydrogen-bond donors (Lipinski definition) is 0. The van der Waals surface area contributed by atoms with Gasteiger partial charge in [0, 0.05) is 30.3 Å². The molecule has 0 aromatic heterocycles. The number of hydrogen-bond acceptors (Lipinski definition) is 3. The highest BCUT2D eigenvalue weighted by Crippen LogP contribution is 2.45. The van der Waals surface area contributed by atoms with Crippen LogP contribution in [0, 0.1) is 5.92 Å². The van der Waals surface area contributed by atoms with Gasteiger partial charge in [0.2, 0.25) is 5.91 Å². The van der Waals surface area contributed by atoms with E-state index >= 15 is 0 Å². The van der Waals surface area contributed by atoms with Crippen molar-refractivity contribution in [2.45, 2.75) is 18.9 Å². The van der Waals surface area contributed by atoms with Gasteiger partial charge in [-0.05, 0) is 35.6 Å². The van der Waals surface area contributed by atoms with E-state index in [9.17, 15) is 9.59 Å². The molecule has 160 valence electrons. The van der Waals surface area contributed by atoms with Crippen LogP contribution < -0.4 is 0 Å². The highest BCUT2D eigenvalue weighted by molar-refractivity contribution is 5.92. The van der Waals surface area contributed by atoms with Gasteiger partial charge in [-0.1, -0.05) is 78.9 Å². The van der Waals surface area contributed by atoms with Crippen LogP contribution in [-0.4, -0.2) is 29.9 Å². The third kappa shape index (κ3) is 3.96. The van der Waals surface area contributed by atoms with E-state index in [-0.39, 0.29) is 23.9 Å². The normalized spacial score (nSPS) is 16.1. The van der Waals surface area contributed by atoms with Crippen molar-refractivity contribution in [2.75, 3.05) is 13.1 Å². The molecule has 1 saturated heterocycles. The molecule has 1 aliphatic carbocycles. The molecule has 0 atom stereocenters. The van der Waals surface area contributed by atoms with E-state index < -0.39 is 0 Å². The second kappa shape index (κ2) is 8.83. The van der Waals surface area contributed by atoms with Crippen LogP contribution in [0.5, 0.6) is 0 Å². The first-order valence-electron chi connectivity index (χ1n) is 11.1. The Kier molecular flexibility index (Phi) is 5.59. The summed E-state index contributed by atoms with van der Waals surface area (Å²) in [5, 5.41) is 0. The number of benzene rings is 3. The second-order valence-corrected chi connectivity index (χ2v) is 8.34. The van der Waals surface area contributed by atoms with Gasteiger partial charge in [-0.25, -0.2) is 0 Å². The van der Waals surface area contributed by atoms with Crippen LogP contribution >= 0.6 is 0 Å². The topological polar surface area (TPSA) is 46.6 Å². The van der Waals surface area contributed by atoms with Crippen LogP contribution in [0.3, 0.4) is 0 Å². The molecule has 1 heterocycles. The van der Waals surface area contributed by atoms with Gasteiger partial charge < -0.3 is 9.64 Å². The molecular formula is C28H25NO3. The van der Waals surface area contributed by atoms with Gasteiger partial charge in [0.15, 0.2) is 6.10 Å². The lowest BCUT2D eigenvalue weighted by molar-refractivity contribution is -0.155. The number of carbonyl (C=O) groups is 2. The second-order valence-electron chi connectivity index (χ2n) is 8.34. The van der Waals surface area contributed by atoms with Gasteiger partial charge in [-0.3, -0.25) is 9.59 Å². The Morgan fingerprint density at radius 3 is 1.97 bits per heavy atom. The minimum absolute atomic E-state index is 0.0145. The molecule has 0 radical (unpaired) electrons. The van der Waals surface area contributed by atoms with Gasteiger partial charge in [0.1, 0.15) is 0 Å². The van der Waals surface area contributed by atoms with E-state index in [1.54, 1.807) is 6.08 Å². The highest BCUT2D eigenvalue weighted by atomic mass is 16.5. The summed E-state index contributed by atoms with van der Waals surface area (Å²) in [5.74, 6) is -0.371. The summed E-state index contributed by atoms with van der Waals surface area (Å²) in [4.78, 5) is 27.4. The van der Waals surface area contributed by atoms with Crippen molar-refractivity contribution in [1.29, 1.82) is 0 Å². The number of fused-ring (bicyclic) bond motifs is 3. The number of nitrogens with zero attached hydrogens (tertiary/aromatic N) is 1. The smallest absolute Gasteiger partial charge is 0.310 e. The molecule has 4 heteroatoms. The maximum Gasteiger partial charge on any atom is 0.310 e. The van der Waals surface area contributed by atoms with Crippen LogP contribution in [0.1, 0.15) is 35.6 Å². The lowest BCUT2D eigenvalue weighted by atomic mass is 9.96. The lowest BCUT2D eigenvalue weighted by Gasteiger charge is -2.31. The van der Waals surface area contributed by atoms with E-state index in [4.69, 9.17) is 4.74 Å². The Hall–Kier alpha value is -3.66. The molecule has 0 spiro atoms. The number of rotatable bonds is 4. The number of esters is 1. The fraction of sp³-hybridized carbons (Fsp3) is 0.214. The fourth-order valence-corrected chi connectivity index (χ4v) is 4.62. The minimum atomic E-state index is -0.358. The first kappa shape index (κ1) is 20.3. The Bertz CT molecular complexity index is 1110. The summed E-state index contributed by atoms with van der Waals surface area (Å²) >= 11 is 0. The molecule has 1 amide bonds. The Morgan fingerprint density at radius 1 is 0.781 bits per heavy atom. The zero-order valence-electron chi connectivity index (χ0n) is 17.8. The van der Waals surface area contributed by atoms with Gasteiger partial charge in [-0.2, -0.15) is 0 Å². The third-order valence-electron chi connectivity index (χ3n) is 6.37. The third-order valence-corrected chi connectivity index (χ3v) is 6.37. The number of amides is 1. The maximum absolute atomic E-state index is 13.0. The van der Waals surface area contributed by atoms with E-state index in [0.29, 0.717) is 25.9 Å². The molecular weight excluding hydrogens is 398 g/mol. The van der Waals surface area contributed by atoms with Crippen LogP contribution in [0.25, 0.3) is 17.2 Å². The standard InChI is InChI=1S/C28H25NO3/c30-26(15-14-20-8-2-1-3-9-20)29-18-16-21(17-19-29)28(31)32-27-24-12-6-4-10-22(24)23-11-5-7-13-25(23)27/h1-15,21,27H,16-19H2/b15-14+. The van der Waals surface area contributed by atoms with Crippen LogP contribution in [0.4, 0.5) is 0 Å². The molecule has 0 unspecified atom stereocenters. The summed E-state index contributed by atoms with van der Waals surface area (Å²) in [6, 6.07) is 26.0. The van der Waals surface area contributed by atoms with Crippen molar-refractivity contribution in [2.24, 2.45) is 5.92 Å². The average molecular weight is 424 g/mol.